The first-order valence-electron chi connectivity index (χ1n) is 7.61. The first-order valence-corrected chi connectivity index (χ1v) is 7.61. The normalized spacial score (nSPS) is 16.4. The predicted molar refractivity (Wildman–Crippen MR) is 89.9 cm³/mol. The fourth-order valence-electron chi connectivity index (χ4n) is 2.90. The van der Waals surface area contributed by atoms with E-state index in [1.807, 2.05) is 16.8 Å². The van der Waals surface area contributed by atoms with Gasteiger partial charge in [0.2, 0.25) is 5.95 Å². The van der Waals surface area contributed by atoms with Gasteiger partial charge >= 0.3 is 0 Å². The van der Waals surface area contributed by atoms with Crippen LogP contribution in [0, 0.1) is 13.8 Å². The summed E-state index contributed by atoms with van der Waals surface area (Å²) < 4.78 is 1.82. The highest BCUT2D eigenvalue weighted by Crippen LogP contribution is 2.32. The largest absolute Gasteiger partial charge is 0.323 e. The summed E-state index contributed by atoms with van der Waals surface area (Å²) in [6.45, 7) is 4.20. The van der Waals surface area contributed by atoms with Crippen molar-refractivity contribution in [1.29, 1.82) is 0 Å². The minimum atomic E-state index is -0.0150. The van der Waals surface area contributed by atoms with E-state index in [4.69, 9.17) is 0 Å². The summed E-state index contributed by atoms with van der Waals surface area (Å²) in [6, 6.07) is 16.8. The lowest BCUT2D eigenvalue weighted by atomic mass is 9.98. The molecule has 0 fully saturated rings. The molecule has 3 aromatic rings. The average Bonchev–Trinajstić information content (AvgIpc) is 3.04. The Balaban J connectivity index is 1.83. The number of fused-ring (bicyclic) bond motifs is 1. The lowest BCUT2D eigenvalue weighted by molar-refractivity contribution is 0.583. The van der Waals surface area contributed by atoms with E-state index >= 15 is 0 Å². The Labute approximate surface area is 134 Å². The molecular weight excluding hydrogens is 286 g/mol. The van der Waals surface area contributed by atoms with Gasteiger partial charge in [-0.1, -0.05) is 59.2 Å². The second kappa shape index (κ2) is 5.35. The summed E-state index contributed by atoms with van der Waals surface area (Å²) in [5.41, 5.74) is 5.82. The molecular formula is C18H17N5. The number of aromatic nitrogens is 4. The maximum absolute atomic E-state index is 4.15. The zero-order valence-corrected chi connectivity index (χ0v) is 13.1. The topological polar surface area (TPSA) is 55.6 Å². The highest BCUT2D eigenvalue weighted by Gasteiger charge is 2.25. The van der Waals surface area contributed by atoms with Crippen molar-refractivity contribution in [3.63, 3.8) is 0 Å². The molecule has 0 aliphatic carbocycles. The van der Waals surface area contributed by atoms with E-state index in [9.17, 15) is 0 Å². The van der Waals surface area contributed by atoms with Crippen molar-refractivity contribution < 1.29 is 0 Å². The minimum absolute atomic E-state index is 0.0150. The molecule has 4 rings (SSSR count). The van der Waals surface area contributed by atoms with Crippen LogP contribution in [0.15, 0.2) is 54.6 Å². The van der Waals surface area contributed by atoms with E-state index in [1.54, 1.807) is 0 Å². The molecule has 23 heavy (non-hydrogen) atoms. The molecule has 1 atom stereocenters. The van der Waals surface area contributed by atoms with Gasteiger partial charge in [-0.3, -0.25) is 0 Å². The lowest BCUT2D eigenvalue weighted by Gasteiger charge is -2.24. The number of aryl methyl sites for hydroxylation is 2. The number of nitrogens with one attached hydrogen (secondary N) is 1. The van der Waals surface area contributed by atoms with E-state index in [1.165, 1.54) is 16.7 Å². The van der Waals surface area contributed by atoms with E-state index in [0.717, 1.165) is 11.3 Å². The number of allylic oxidation sites excluding steroid dienone is 1. The van der Waals surface area contributed by atoms with Crippen LogP contribution in [0.5, 0.6) is 0 Å². The van der Waals surface area contributed by atoms with Gasteiger partial charge in [0.05, 0.1) is 0 Å². The molecule has 5 heteroatoms. The summed E-state index contributed by atoms with van der Waals surface area (Å²) in [5, 5.41) is 15.4. The van der Waals surface area contributed by atoms with Crippen molar-refractivity contribution >= 4 is 11.6 Å². The number of anilines is 1. The van der Waals surface area contributed by atoms with Crippen LogP contribution in [0.4, 0.5) is 5.95 Å². The lowest BCUT2D eigenvalue weighted by Crippen LogP contribution is -2.20. The van der Waals surface area contributed by atoms with Gasteiger partial charge < -0.3 is 5.32 Å². The molecule has 0 saturated carbocycles. The Morgan fingerprint density at radius 1 is 1.00 bits per heavy atom. The second-order valence-electron chi connectivity index (χ2n) is 5.82. The van der Waals surface area contributed by atoms with E-state index < -0.39 is 0 Å². The number of rotatable bonds is 2. The van der Waals surface area contributed by atoms with Crippen molar-refractivity contribution in [1.82, 2.24) is 20.2 Å². The van der Waals surface area contributed by atoms with Crippen molar-refractivity contribution in [3.8, 4) is 0 Å². The zero-order valence-electron chi connectivity index (χ0n) is 13.1. The van der Waals surface area contributed by atoms with E-state index in [2.05, 4.69) is 77.2 Å². The quantitative estimate of drug-likeness (QED) is 0.789. The number of benzene rings is 2. The monoisotopic (exact) mass is 303 g/mol. The third kappa shape index (κ3) is 2.40. The molecule has 0 radical (unpaired) electrons. The highest BCUT2D eigenvalue weighted by molar-refractivity contribution is 5.77. The molecule has 1 aromatic heterocycles. The Morgan fingerprint density at radius 3 is 2.57 bits per heavy atom. The Kier molecular flexibility index (Phi) is 3.19. The predicted octanol–water partition coefficient (Wildman–Crippen LogP) is 3.35. The fourth-order valence-corrected chi connectivity index (χ4v) is 2.90. The van der Waals surface area contributed by atoms with Crippen molar-refractivity contribution in [3.05, 3.63) is 76.9 Å². The number of hydrogen-bond acceptors (Lipinski definition) is 4. The average molecular weight is 303 g/mol. The van der Waals surface area contributed by atoms with Crippen LogP contribution in [0.3, 0.4) is 0 Å². The third-order valence-corrected chi connectivity index (χ3v) is 4.20. The molecule has 1 aliphatic heterocycles. The molecule has 0 amide bonds. The summed E-state index contributed by atoms with van der Waals surface area (Å²) in [7, 11) is 0. The van der Waals surface area contributed by atoms with Gasteiger partial charge in [0.1, 0.15) is 6.04 Å². The molecule has 1 N–H and O–H groups in total. The van der Waals surface area contributed by atoms with Gasteiger partial charge in [-0.2, -0.15) is 4.68 Å². The number of tetrazole rings is 1. The zero-order chi connectivity index (χ0) is 15.8. The van der Waals surface area contributed by atoms with Gasteiger partial charge in [-0.05, 0) is 47.0 Å². The first kappa shape index (κ1) is 13.7. The van der Waals surface area contributed by atoms with Crippen LogP contribution in [0.2, 0.25) is 0 Å². The molecule has 0 saturated heterocycles. The van der Waals surface area contributed by atoms with Crippen LogP contribution >= 0.6 is 0 Å². The van der Waals surface area contributed by atoms with Crippen LogP contribution in [0.25, 0.3) is 5.70 Å². The molecule has 2 aromatic carbocycles. The summed E-state index contributed by atoms with van der Waals surface area (Å²) in [4.78, 5) is 0. The van der Waals surface area contributed by atoms with Crippen LogP contribution in [-0.2, 0) is 0 Å². The number of nitrogens with zero attached hydrogens (tertiary/aromatic N) is 4. The van der Waals surface area contributed by atoms with Crippen molar-refractivity contribution in [2.45, 2.75) is 19.9 Å². The summed E-state index contributed by atoms with van der Waals surface area (Å²) in [6.07, 6.45) is 2.18. The molecule has 0 bridgehead atoms. The first-order chi connectivity index (χ1) is 11.2. The van der Waals surface area contributed by atoms with Gasteiger partial charge in [0, 0.05) is 5.70 Å². The van der Waals surface area contributed by atoms with Gasteiger partial charge in [-0.15, -0.1) is 0 Å². The second-order valence-corrected chi connectivity index (χ2v) is 5.82. The Hall–Kier alpha value is -2.95. The molecule has 0 spiro atoms. The SMILES string of the molecule is Cc1ccc(C2=C[C@@H](c3ccccc3C)n3nnnc3N2)cc1. The van der Waals surface area contributed by atoms with Crippen molar-refractivity contribution in [2.24, 2.45) is 0 Å². The summed E-state index contributed by atoms with van der Waals surface area (Å²) in [5.74, 6) is 0.663. The molecule has 1 aliphatic rings. The molecule has 2 heterocycles. The minimum Gasteiger partial charge on any atom is -0.323 e. The van der Waals surface area contributed by atoms with E-state index in [-0.39, 0.29) is 6.04 Å². The standard InChI is InChI=1S/C18H17N5/c1-12-7-9-14(10-8-12)16-11-17(15-6-4-3-5-13(15)2)23-18(19-16)20-21-22-23/h3-11,17H,1-2H3,(H,19,20,22)/t17-/m0/s1. The summed E-state index contributed by atoms with van der Waals surface area (Å²) >= 11 is 0. The van der Waals surface area contributed by atoms with Gasteiger partial charge in [-0.25, -0.2) is 0 Å². The molecule has 114 valence electrons. The van der Waals surface area contributed by atoms with Crippen LogP contribution in [-0.4, -0.2) is 20.2 Å². The van der Waals surface area contributed by atoms with Crippen LogP contribution < -0.4 is 5.32 Å². The maximum Gasteiger partial charge on any atom is 0.248 e. The molecule has 0 unspecified atom stereocenters. The number of hydrogen-bond donors (Lipinski definition) is 1. The third-order valence-electron chi connectivity index (χ3n) is 4.20. The Bertz CT molecular complexity index is 876. The van der Waals surface area contributed by atoms with Crippen LogP contribution in [0.1, 0.15) is 28.3 Å². The fraction of sp³-hybridized carbons (Fsp3) is 0.167. The van der Waals surface area contributed by atoms with Crippen molar-refractivity contribution in [2.75, 3.05) is 5.32 Å². The Morgan fingerprint density at radius 2 is 1.78 bits per heavy atom. The highest BCUT2D eigenvalue weighted by atomic mass is 15.6. The van der Waals surface area contributed by atoms with Gasteiger partial charge in [0.25, 0.3) is 0 Å². The molecule has 5 nitrogen and oxygen atoms in total. The van der Waals surface area contributed by atoms with E-state index in [0.29, 0.717) is 5.95 Å². The smallest absolute Gasteiger partial charge is 0.248 e. The maximum atomic E-state index is 4.15. The van der Waals surface area contributed by atoms with Gasteiger partial charge in [0.15, 0.2) is 0 Å².